The van der Waals surface area contributed by atoms with E-state index >= 15 is 0 Å². The molecule has 0 aromatic heterocycles. The summed E-state index contributed by atoms with van der Waals surface area (Å²) in [5.74, 6) is 3.23. The van der Waals surface area contributed by atoms with Crippen LogP contribution in [0, 0.1) is 31.8 Å². The number of hydrogen-bond donors (Lipinski definition) is 0. The maximum atomic E-state index is 10.6. The number of benzene rings is 3. The van der Waals surface area contributed by atoms with E-state index in [0.717, 1.165) is 94.9 Å². The highest BCUT2D eigenvalue weighted by Gasteiger charge is 2.15. The van der Waals surface area contributed by atoms with Crippen LogP contribution >= 0.6 is 0 Å². The van der Waals surface area contributed by atoms with Crippen LogP contribution in [-0.4, -0.2) is 26.4 Å². The first-order valence-electron chi connectivity index (χ1n) is 29.5. The van der Waals surface area contributed by atoms with Crippen LogP contribution in [0.2, 0.25) is 0 Å². The molecule has 6 nitrogen and oxygen atoms in total. The fourth-order valence-corrected chi connectivity index (χ4v) is 9.30. The standard InChI is InChI=1S/C66H100N2O4/c1-8-12-16-20-24-28-32-36-44-69-63-52-59(65(48-55(63)5)71-46-38-34-30-26-22-18-14-10-3)50-61(54-67)57-40-42-58(43-41-57)62(68-7)51-60-53-64(70-45-37-33-29-25-21-17-13-9-2)56(6)49-66(60)72-47-39-35-31-27-23-19-15-11-4/h40-43,48-53H,8-39,44-47H2,1-6H3. The maximum absolute atomic E-state index is 10.6. The van der Waals surface area contributed by atoms with E-state index in [1.807, 2.05) is 36.4 Å². The predicted octanol–water partition coefficient (Wildman–Crippen LogP) is 20.9. The van der Waals surface area contributed by atoms with Crippen molar-refractivity contribution in [3.8, 4) is 29.1 Å². The van der Waals surface area contributed by atoms with Crippen LogP contribution in [0.3, 0.4) is 0 Å². The van der Waals surface area contributed by atoms with Crippen LogP contribution in [-0.2, 0) is 0 Å². The second kappa shape index (κ2) is 40.8. The Hall–Kier alpha value is -4.68. The molecular weight excluding hydrogens is 885 g/mol. The molecule has 72 heavy (non-hydrogen) atoms. The van der Waals surface area contributed by atoms with Gasteiger partial charge < -0.3 is 18.9 Å². The molecule has 0 aliphatic rings. The van der Waals surface area contributed by atoms with Gasteiger partial charge in [-0.1, -0.05) is 232 Å². The first-order valence-corrected chi connectivity index (χ1v) is 29.5. The van der Waals surface area contributed by atoms with Crippen molar-refractivity contribution in [2.45, 2.75) is 247 Å². The monoisotopic (exact) mass is 985 g/mol. The first-order chi connectivity index (χ1) is 35.4. The van der Waals surface area contributed by atoms with Gasteiger partial charge in [0, 0.05) is 11.1 Å². The van der Waals surface area contributed by atoms with Crippen molar-refractivity contribution in [1.29, 1.82) is 5.26 Å². The van der Waals surface area contributed by atoms with E-state index in [4.69, 9.17) is 25.5 Å². The molecule has 0 fully saturated rings. The van der Waals surface area contributed by atoms with Gasteiger partial charge in [-0.2, -0.15) is 5.26 Å². The van der Waals surface area contributed by atoms with E-state index in [-0.39, 0.29) is 0 Å². The Labute approximate surface area is 441 Å². The predicted molar refractivity (Wildman–Crippen MR) is 309 cm³/mol. The average Bonchev–Trinajstić information content (AvgIpc) is 3.39. The number of ether oxygens (including phenoxy) is 4. The zero-order valence-electron chi connectivity index (χ0n) is 46.8. The smallest absolute Gasteiger partial charge is 0.195 e. The summed E-state index contributed by atoms with van der Waals surface area (Å²) in [6, 6.07) is 18.6. The van der Waals surface area contributed by atoms with Gasteiger partial charge in [-0.25, -0.2) is 4.85 Å². The summed E-state index contributed by atoms with van der Waals surface area (Å²) in [6.07, 6.45) is 43.7. The summed E-state index contributed by atoms with van der Waals surface area (Å²) >= 11 is 0. The molecular formula is C66H100N2O4. The Morgan fingerprint density at radius 2 is 0.708 bits per heavy atom. The largest absolute Gasteiger partial charge is 0.493 e. The molecule has 0 bridgehead atoms. The molecule has 0 N–H and O–H groups in total. The van der Waals surface area contributed by atoms with E-state index in [9.17, 15) is 5.26 Å². The third kappa shape index (κ3) is 26.3. The van der Waals surface area contributed by atoms with Crippen LogP contribution in [0.1, 0.15) is 267 Å². The normalized spacial score (nSPS) is 11.7. The van der Waals surface area contributed by atoms with Gasteiger partial charge in [0.25, 0.3) is 0 Å². The molecule has 398 valence electrons. The maximum Gasteiger partial charge on any atom is 0.195 e. The Bertz CT molecular complexity index is 1870. The van der Waals surface area contributed by atoms with E-state index in [1.54, 1.807) is 0 Å². The molecule has 6 heteroatoms. The minimum atomic E-state index is 0.507. The number of aryl methyl sites for hydroxylation is 2. The number of allylic oxidation sites excluding steroid dienone is 1. The lowest BCUT2D eigenvalue weighted by Crippen LogP contribution is -2.03. The first kappa shape index (κ1) is 61.6. The number of rotatable bonds is 44. The quantitative estimate of drug-likeness (QED) is 0.0244. The molecule has 0 saturated carbocycles. The number of unbranched alkanes of at least 4 members (excludes halogenated alkanes) is 28. The van der Waals surface area contributed by atoms with E-state index < -0.39 is 0 Å². The van der Waals surface area contributed by atoms with E-state index in [1.165, 1.54) is 167 Å². The lowest BCUT2D eigenvalue weighted by Gasteiger charge is -2.16. The zero-order chi connectivity index (χ0) is 51.7. The highest BCUT2D eigenvalue weighted by atomic mass is 16.5. The number of nitriles is 1. The lowest BCUT2D eigenvalue weighted by atomic mass is 9.99. The third-order valence-corrected chi connectivity index (χ3v) is 14.0. The zero-order valence-corrected chi connectivity index (χ0v) is 46.8. The molecule has 0 spiro atoms. The summed E-state index contributed by atoms with van der Waals surface area (Å²) in [5, 5.41) is 10.6. The molecule has 0 amide bonds. The van der Waals surface area contributed by atoms with E-state index in [2.05, 4.69) is 76.7 Å². The van der Waals surface area contributed by atoms with Crippen LogP contribution in [0.25, 0.3) is 28.3 Å². The van der Waals surface area contributed by atoms with Crippen LogP contribution < -0.4 is 18.9 Å². The number of nitrogens with zero attached hydrogens (tertiary/aromatic N) is 2. The van der Waals surface area contributed by atoms with Gasteiger partial charge >= 0.3 is 0 Å². The van der Waals surface area contributed by atoms with E-state index in [0.29, 0.717) is 37.7 Å². The van der Waals surface area contributed by atoms with Crippen molar-refractivity contribution in [3.63, 3.8) is 0 Å². The summed E-state index contributed by atoms with van der Waals surface area (Å²) in [5.41, 5.74) is 6.36. The van der Waals surface area contributed by atoms with Crippen molar-refractivity contribution in [3.05, 3.63) is 93.3 Å². The minimum absolute atomic E-state index is 0.507. The Morgan fingerprint density at radius 1 is 0.417 bits per heavy atom. The van der Waals surface area contributed by atoms with Gasteiger partial charge in [0.05, 0.1) is 44.6 Å². The fraction of sp³-hybridized carbons (Fsp3) is 0.636. The molecule has 0 aliphatic heterocycles. The molecule has 0 aliphatic carbocycles. The minimum Gasteiger partial charge on any atom is -0.493 e. The molecule has 0 atom stereocenters. The number of hydrogen-bond acceptors (Lipinski definition) is 5. The van der Waals surface area contributed by atoms with Crippen LogP contribution in [0.5, 0.6) is 23.0 Å². The second-order valence-corrected chi connectivity index (χ2v) is 20.5. The molecule has 3 aromatic rings. The molecule has 3 aromatic carbocycles. The van der Waals surface area contributed by atoms with Crippen LogP contribution in [0.15, 0.2) is 48.5 Å². The Balaban J connectivity index is 1.83. The van der Waals surface area contributed by atoms with Crippen LogP contribution in [0.4, 0.5) is 0 Å². The molecule has 3 rings (SSSR count). The van der Waals surface area contributed by atoms with Crippen molar-refractivity contribution in [1.82, 2.24) is 0 Å². The van der Waals surface area contributed by atoms with Gasteiger partial charge in [0.2, 0.25) is 0 Å². The van der Waals surface area contributed by atoms with Gasteiger partial charge in [0.1, 0.15) is 23.0 Å². The summed E-state index contributed by atoms with van der Waals surface area (Å²) in [7, 11) is 0. The summed E-state index contributed by atoms with van der Waals surface area (Å²) < 4.78 is 25.8. The molecule has 0 heterocycles. The van der Waals surface area contributed by atoms with Gasteiger partial charge in [-0.3, -0.25) is 0 Å². The highest BCUT2D eigenvalue weighted by Crippen LogP contribution is 2.35. The third-order valence-electron chi connectivity index (χ3n) is 14.0. The van der Waals surface area contributed by atoms with Gasteiger partial charge in [-0.05, 0) is 98.2 Å². The van der Waals surface area contributed by atoms with Gasteiger partial charge in [-0.15, -0.1) is 0 Å². The molecule has 0 saturated heterocycles. The van der Waals surface area contributed by atoms with Crippen molar-refractivity contribution < 1.29 is 18.9 Å². The summed E-state index contributed by atoms with van der Waals surface area (Å²) in [4.78, 5) is 4.04. The second-order valence-electron chi connectivity index (χ2n) is 20.5. The van der Waals surface area contributed by atoms with Crippen molar-refractivity contribution >= 4 is 23.4 Å². The summed E-state index contributed by atoms with van der Waals surface area (Å²) in [6.45, 7) is 24.2. The topological polar surface area (TPSA) is 65.1 Å². The Kier molecular flexibility index (Phi) is 34.9. The Morgan fingerprint density at radius 3 is 1.03 bits per heavy atom. The fourth-order valence-electron chi connectivity index (χ4n) is 9.30. The van der Waals surface area contributed by atoms with Crippen molar-refractivity contribution in [2.75, 3.05) is 26.4 Å². The van der Waals surface area contributed by atoms with Gasteiger partial charge in [0.15, 0.2) is 5.70 Å². The van der Waals surface area contributed by atoms with Crippen molar-refractivity contribution in [2.24, 2.45) is 0 Å². The highest BCUT2D eigenvalue weighted by molar-refractivity contribution is 5.92. The molecule has 0 unspecified atom stereocenters. The molecule has 0 radical (unpaired) electrons. The lowest BCUT2D eigenvalue weighted by molar-refractivity contribution is 0.294. The SMILES string of the molecule is [C-]#[N+]C(=Cc1cc(OCCCCCCCCCC)c(C)cc1OCCCCCCCCCC)c1ccc(C(C#N)=Cc2cc(OCCCCCCCCCC)c(C)cc2OCCCCCCCCCC)cc1. The average molecular weight is 986 g/mol.